The number of hydrogen-bond donors (Lipinski definition) is 1. The average molecular weight is 397 g/mol. The highest BCUT2D eigenvalue weighted by Gasteiger charge is 2.48. The second kappa shape index (κ2) is 6.61. The normalized spacial score (nSPS) is 18.4. The number of benzene rings is 2. The van der Waals surface area contributed by atoms with Gasteiger partial charge < -0.3 is 10.1 Å². The number of carbonyl (C=O) groups is 2. The molecule has 0 saturated heterocycles. The van der Waals surface area contributed by atoms with Gasteiger partial charge in [0.2, 0.25) is 5.78 Å². The maximum Gasteiger partial charge on any atom is 0.317 e. The molecule has 0 fully saturated rings. The maximum atomic E-state index is 13.2. The Hall–Kier alpha value is -3.45. The van der Waals surface area contributed by atoms with Crippen LogP contribution in [0.1, 0.15) is 32.2 Å². The Bertz CT molecular complexity index is 1120. The highest BCUT2D eigenvalue weighted by atomic mass is 35.5. The predicted octanol–water partition coefficient (Wildman–Crippen LogP) is 3.45. The first-order valence-corrected chi connectivity index (χ1v) is 8.74. The summed E-state index contributed by atoms with van der Waals surface area (Å²) in [6, 6.07) is 12.8. The lowest BCUT2D eigenvalue weighted by Crippen LogP contribution is -2.35. The Morgan fingerprint density at radius 3 is 2.36 bits per heavy atom. The smallest absolute Gasteiger partial charge is 0.317 e. The van der Waals surface area contributed by atoms with Crippen LogP contribution in [-0.2, 0) is 4.74 Å². The summed E-state index contributed by atoms with van der Waals surface area (Å²) < 4.78 is 5.54. The van der Waals surface area contributed by atoms with Gasteiger partial charge >= 0.3 is 5.70 Å². The molecule has 0 radical (unpaired) electrons. The molecule has 2 aromatic rings. The van der Waals surface area contributed by atoms with Crippen LogP contribution >= 0.6 is 11.6 Å². The SMILES string of the molecule is CNC1=C([N+](=O)[O-])C(c2cccc(Cl)c2)C2=C(O1)C(=O)c1ccccc1C2=O. The average Bonchev–Trinajstić information content (AvgIpc) is 2.70. The molecular weight excluding hydrogens is 384 g/mol. The molecule has 4 rings (SSSR count). The zero-order chi connectivity index (χ0) is 20.0. The van der Waals surface area contributed by atoms with Crippen LogP contribution in [0.4, 0.5) is 0 Å². The van der Waals surface area contributed by atoms with E-state index in [2.05, 4.69) is 5.32 Å². The topological polar surface area (TPSA) is 98.5 Å². The monoisotopic (exact) mass is 396 g/mol. The van der Waals surface area contributed by atoms with Crippen LogP contribution in [0.25, 0.3) is 0 Å². The van der Waals surface area contributed by atoms with E-state index in [0.29, 0.717) is 10.6 Å². The van der Waals surface area contributed by atoms with Crippen molar-refractivity contribution in [1.82, 2.24) is 5.32 Å². The summed E-state index contributed by atoms with van der Waals surface area (Å²) in [5.74, 6) is -2.47. The van der Waals surface area contributed by atoms with E-state index in [9.17, 15) is 19.7 Å². The summed E-state index contributed by atoms with van der Waals surface area (Å²) >= 11 is 6.08. The lowest BCUT2D eigenvalue weighted by molar-refractivity contribution is -0.433. The van der Waals surface area contributed by atoms with Crippen molar-refractivity contribution < 1.29 is 19.2 Å². The molecule has 28 heavy (non-hydrogen) atoms. The fourth-order valence-corrected chi connectivity index (χ4v) is 3.73. The number of carbonyl (C=O) groups excluding carboxylic acids is 2. The molecular formula is C20H13ClN2O5. The van der Waals surface area contributed by atoms with Crippen molar-refractivity contribution >= 4 is 23.2 Å². The molecule has 1 aliphatic carbocycles. The summed E-state index contributed by atoms with van der Waals surface area (Å²) in [5, 5.41) is 14.9. The zero-order valence-electron chi connectivity index (χ0n) is 14.6. The van der Waals surface area contributed by atoms with Crippen molar-refractivity contribution in [2.24, 2.45) is 0 Å². The van der Waals surface area contributed by atoms with Gasteiger partial charge in [0, 0.05) is 23.2 Å². The predicted molar refractivity (Wildman–Crippen MR) is 100 cm³/mol. The van der Waals surface area contributed by atoms with Gasteiger partial charge in [-0.25, -0.2) is 0 Å². The molecule has 1 atom stereocenters. The van der Waals surface area contributed by atoms with Gasteiger partial charge in [-0.1, -0.05) is 48.0 Å². The van der Waals surface area contributed by atoms with E-state index >= 15 is 0 Å². The molecule has 0 aromatic heterocycles. The Balaban J connectivity index is 2.01. The molecule has 140 valence electrons. The van der Waals surface area contributed by atoms with E-state index in [0.717, 1.165) is 0 Å². The van der Waals surface area contributed by atoms with E-state index < -0.39 is 22.4 Å². The van der Waals surface area contributed by atoms with Gasteiger partial charge in [-0.05, 0) is 17.7 Å². The summed E-state index contributed by atoms with van der Waals surface area (Å²) in [4.78, 5) is 37.5. The Morgan fingerprint density at radius 1 is 1.07 bits per heavy atom. The minimum Gasteiger partial charge on any atom is -0.431 e. The molecule has 2 aliphatic rings. The molecule has 8 heteroatoms. The molecule has 1 N–H and O–H groups in total. The van der Waals surface area contributed by atoms with Crippen molar-refractivity contribution in [3.8, 4) is 0 Å². The summed E-state index contributed by atoms with van der Waals surface area (Å²) in [6.45, 7) is 0. The number of nitro groups is 1. The largest absolute Gasteiger partial charge is 0.431 e. The van der Waals surface area contributed by atoms with E-state index in [1.165, 1.54) is 25.2 Å². The Morgan fingerprint density at radius 2 is 1.75 bits per heavy atom. The number of nitrogens with zero attached hydrogens (tertiary/aromatic N) is 1. The van der Waals surface area contributed by atoms with Gasteiger partial charge in [0.25, 0.3) is 5.88 Å². The Labute approximate surface area is 164 Å². The zero-order valence-corrected chi connectivity index (χ0v) is 15.3. The molecule has 2 aromatic carbocycles. The van der Waals surface area contributed by atoms with Crippen LogP contribution in [0.2, 0.25) is 5.02 Å². The van der Waals surface area contributed by atoms with E-state index in [4.69, 9.17) is 16.3 Å². The third-order valence-electron chi connectivity index (χ3n) is 4.72. The number of Topliss-reactive ketones (excluding diaryl/α,β-unsaturated/α-hetero) is 2. The van der Waals surface area contributed by atoms with E-state index in [-0.39, 0.29) is 34.0 Å². The lowest BCUT2D eigenvalue weighted by atomic mass is 9.77. The molecule has 0 saturated carbocycles. The minimum absolute atomic E-state index is 0.0586. The first kappa shape index (κ1) is 17.9. The second-order valence-corrected chi connectivity index (χ2v) is 6.69. The standard InChI is InChI=1S/C20H13ClN2O5/c1-22-20-16(23(26)27)14(10-5-4-6-11(21)9-10)15-17(24)12-7-2-3-8-13(12)18(25)19(15)28-20/h2-9,14,22H,1H3. The molecule has 1 heterocycles. The minimum atomic E-state index is -1.11. The number of halogens is 1. The summed E-state index contributed by atoms with van der Waals surface area (Å²) in [6.07, 6.45) is 0. The fraction of sp³-hybridized carbons (Fsp3) is 0.100. The van der Waals surface area contributed by atoms with Crippen LogP contribution < -0.4 is 5.32 Å². The second-order valence-electron chi connectivity index (χ2n) is 6.26. The third kappa shape index (κ3) is 2.59. The van der Waals surface area contributed by atoms with Crippen molar-refractivity contribution in [3.05, 3.63) is 103 Å². The quantitative estimate of drug-likeness (QED) is 0.630. The lowest BCUT2D eigenvalue weighted by Gasteiger charge is -2.30. The van der Waals surface area contributed by atoms with Crippen molar-refractivity contribution in [2.45, 2.75) is 5.92 Å². The highest BCUT2D eigenvalue weighted by Crippen LogP contribution is 2.45. The van der Waals surface area contributed by atoms with Gasteiger partial charge in [-0.15, -0.1) is 0 Å². The first-order valence-electron chi connectivity index (χ1n) is 8.36. The molecule has 1 aliphatic heterocycles. The number of allylic oxidation sites excluding steroid dienone is 2. The van der Waals surface area contributed by atoms with Crippen LogP contribution in [0.5, 0.6) is 0 Å². The Kier molecular flexibility index (Phi) is 4.24. The third-order valence-corrected chi connectivity index (χ3v) is 4.95. The number of ether oxygens (including phenoxy) is 1. The van der Waals surface area contributed by atoms with Crippen LogP contribution in [0.3, 0.4) is 0 Å². The maximum absolute atomic E-state index is 13.2. The number of ketones is 2. The number of hydrogen-bond acceptors (Lipinski definition) is 6. The number of fused-ring (bicyclic) bond motifs is 1. The van der Waals surface area contributed by atoms with Crippen molar-refractivity contribution in [1.29, 1.82) is 0 Å². The highest BCUT2D eigenvalue weighted by molar-refractivity contribution is 6.30. The van der Waals surface area contributed by atoms with Gasteiger partial charge in [0.15, 0.2) is 11.5 Å². The van der Waals surface area contributed by atoms with Crippen LogP contribution in [0, 0.1) is 10.1 Å². The molecule has 0 amide bonds. The summed E-state index contributed by atoms with van der Waals surface area (Å²) in [5.41, 5.74) is 0.401. The van der Waals surface area contributed by atoms with E-state index in [1.807, 2.05) is 0 Å². The molecule has 0 spiro atoms. The first-order chi connectivity index (χ1) is 13.4. The van der Waals surface area contributed by atoms with Crippen LogP contribution in [0.15, 0.2) is 71.4 Å². The van der Waals surface area contributed by atoms with Crippen molar-refractivity contribution in [3.63, 3.8) is 0 Å². The number of nitrogens with one attached hydrogen (secondary N) is 1. The number of rotatable bonds is 3. The molecule has 1 unspecified atom stereocenters. The van der Waals surface area contributed by atoms with E-state index in [1.54, 1.807) is 30.3 Å². The molecule has 7 nitrogen and oxygen atoms in total. The van der Waals surface area contributed by atoms with Crippen LogP contribution in [-0.4, -0.2) is 23.5 Å². The fourth-order valence-electron chi connectivity index (χ4n) is 3.54. The van der Waals surface area contributed by atoms with Gasteiger partial charge in [-0.3, -0.25) is 19.7 Å². The molecule has 0 bridgehead atoms. The van der Waals surface area contributed by atoms with Crippen molar-refractivity contribution in [2.75, 3.05) is 7.05 Å². The summed E-state index contributed by atoms with van der Waals surface area (Å²) in [7, 11) is 1.45. The van der Waals surface area contributed by atoms with Gasteiger partial charge in [0.1, 0.15) is 5.92 Å². The van der Waals surface area contributed by atoms with Gasteiger partial charge in [0.05, 0.1) is 10.5 Å². The van der Waals surface area contributed by atoms with Gasteiger partial charge in [-0.2, -0.15) is 0 Å².